The quantitative estimate of drug-likeness (QED) is 0.654. The van der Waals surface area contributed by atoms with E-state index in [-0.39, 0.29) is 0 Å². The van der Waals surface area contributed by atoms with E-state index in [4.69, 9.17) is 4.74 Å². The summed E-state index contributed by atoms with van der Waals surface area (Å²) in [5.41, 5.74) is 0. The molecule has 0 heterocycles. The average Bonchev–Trinajstić information content (AvgIpc) is 2.07. The molecular formula is C9H8FeO+. The van der Waals surface area contributed by atoms with Gasteiger partial charge < -0.3 is 0 Å². The second-order valence-corrected chi connectivity index (χ2v) is 2.25. The number of hydrogen-bond acceptors (Lipinski definition) is 1. The van der Waals surface area contributed by atoms with Crippen LogP contribution in [0.2, 0.25) is 0 Å². The summed E-state index contributed by atoms with van der Waals surface area (Å²) in [6.45, 7) is 0.535. The summed E-state index contributed by atoms with van der Waals surface area (Å²) in [6.07, 6.45) is 1.74. The maximum atomic E-state index is 5.29. The van der Waals surface area contributed by atoms with Crippen LogP contribution in [-0.4, -0.2) is 11.2 Å². The molecule has 0 aliphatic rings. The van der Waals surface area contributed by atoms with Gasteiger partial charge in [-0.1, -0.05) is 0 Å². The predicted octanol–water partition coefficient (Wildman–Crippen LogP) is 1.57. The van der Waals surface area contributed by atoms with Gasteiger partial charge in [0.25, 0.3) is 0 Å². The van der Waals surface area contributed by atoms with E-state index in [0.717, 1.165) is 5.75 Å². The first-order chi connectivity index (χ1) is 5.43. The van der Waals surface area contributed by atoms with Gasteiger partial charge in [0, 0.05) is 0 Å². The van der Waals surface area contributed by atoms with Crippen molar-refractivity contribution in [2.45, 2.75) is 0 Å². The van der Waals surface area contributed by atoms with Gasteiger partial charge in [0.05, 0.1) is 0 Å². The molecule has 0 fully saturated rings. The van der Waals surface area contributed by atoms with Crippen molar-refractivity contribution in [3.05, 3.63) is 36.4 Å². The van der Waals surface area contributed by atoms with Crippen molar-refractivity contribution in [3.8, 4) is 5.75 Å². The normalized spacial score (nSPS) is 8.36. The van der Waals surface area contributed by atoms with Gasteiger partial charge in [-0.3, -0.25) is 0 Å². The Morgan fingerprint density at radius 1 is 1.36 bits per heavy atom. The number of rotatable bonds is 3. The van der Waals surface area contributed by atoms with Crippen molar-refractivity contribution in [2.24, 2.45) is 0 Å². The van der Waals surface area contributed by atoms with E-state index in [1.807, 2.05) is 30.3 Å². The number of benzene rings is 1. The molecule has 1 nitrogen and oxygen atoms in total. The van der Waals surface area contributed by atoms with E-state index in [2.05, 4.69) is 20.2 Å². The molecule has 0 atom stereocenters. The van der Waals surface area contributed by atoms with Gasteiger partial charge in [-0.25, -0.2) is 0 Å². The molecule has 0 aliphatic heterocycles. The van der Waals surface area contributed by atoms with Crippen molar-refractivity contribution in [3.63, 3.8) is 0 Å². The molecule has 0 radical (unpaired) electrons. The summed E-state index contributed by atoms with van der Waals surface area (Å²) in [4.78, 5) is 0. The summed E-state index contributed by atoms with van der Waals surface area (Å²) < 4.78 is 7.93. The van der Waals surface area contributed by atoms with Crippen LogP contribution in [0.3, 0.4) is 0 Å². The Balaban J connectivity index is 2.45. The minimum atomic E-state index is 0.535. The van der Waals surface area contributed by atoms with E-state index < -0.39 is 0 Å². The summed E-state index contributed by atoms with van der Waals surface area (Å²) >= 11 is 3.43. The zero-order chi connectivity index (χ0) is 7.94. The van der Waals surface area contributed by atoms with Crippen molar-refractivity contribution < 1.29 is 20.3 Å². The van der Waals surface area contributed by atoms with Crippen molar-refractivity contribution in [2.75, 3.05) is 6.61 Å². The van der Waals surface area contributed by atoms with E-state index >= 15 is 0 Å². The van der Waals surface area contributed by atoms with Crippen molar-refractivity contribution >= 4 is 4.58 Å². The third-order valence-electron chi connectivity index (χ3n) is 1.15. The van der Waals surface area contributed by atoms with E-state index in [0.29, 0.717) is 6.61 Å². The van der Waals surface area contributed by atoms with Crippen LogP contribution in [0.4, 0.5) is 0 Å². The molecule has 0 spiro atoms. The first kappa shape index (κ1) is 8.29. The van der Waals surface area contributed by atoms with Gasteiger partial charge in [-0.15, -0.1) is 0 Å². The number of ether oxygens (including phenoxy) is 1. The van der Waals surface area contributed by atoms with E-state index in [1.54, 1.807) is 6.08 Å². The second-order valence-electron chi connectivity index (χ2n) is 1.93. The second kappa shape index (κ2) is 4.92. The van der Waals surface area contributed by atoms with Crippen LogP contribution in [-0.2, 0) is 15.6 Å². The van der Waals surface area contributed by atoms with Crippen molar-refractivity contribution in [1.29, 1.82) is 0 Å². The molecule has 0 amide bonds. The third kappa shape index (κ3) is 3.20. The zero-order valence-corrected chi connectivity index (χ0v) is 7.04. The van der Waals surface area contributed by atoms with Crippen LogP contribution in [0.1, 0.15) is 0 Å². The number of hydrogen-bond donors (Lipinski definition) is 0. The molecular weight excluding hydrogens is 180 g/mol. The summed E-state index contributed by atoms with van der Waals surface area (Å²) in [7, 11) is 0. The Morgan fingerprint density at radius 2 is 2.09 bits per heavy atom. The molecule has 1 aromatic carbocycles. The maximum absolute atomic E-state index is 5.29. The fraction of sp³-hybridized carbons (Fsp3) is 0.111. The Kier molecular flexibility index (Phi) is 3.71. The van der Waals surface area contributed by atoms with Crippen molar-refractivity contribution in [1.82, 2.24) is 0 Å². The Hall–Kier alpha value is -0.811. The van der Waals surface area contributed by atoms with Crippen LogP contribution < -0.4 is 4.74 Å². The molecule has 2 heteroatoms. The monoisotopic (exact) mass is 188 g/mol. The Morgan fingerprint density at radius 3 is 2.73 bits per heavy atom. The molecule has 1 rings (SSSR count). The van der Waals surface area contributed by atoms with Crippen LogP contribution in [0.25, 0.3) is 0 Å². The first-order valence-corrected chi connectivity index (χ1v) is 3.83. The Labute approximate surface area is 74.0 Å². The molecule has 0 unspecified atom stereocenters. The Bertz CT molecular complexity index is 250. The fourth-order valence-corrected chi connectivity index (χ4v) is 0.776. The molecule has 0 saturated carbocycles. The van der Waals surface area contributed by atoms with Crippen LogP contribution >= 0.6 is 0 Å². The summed E-state index contributed by atoms with van der Waals surface area (Å²) in [5.74, 6) is 0.874. The van der Waals surface area contributed by atoms with Gasteiger partial charge >= 0.3 is 73.7 Å². The fourth-order valence-electron chi connectivity index (χ4n) is 0.684. The molecule has 1 aromatic rings. The molecule has 0 saturated heterocycles. The zero-order valence-electron chi connectivity index (χ0n) is 5.93. The number of para-hydroxylation sites is 1. The molecule has 0 N–H and O–H groups in total. The van der Waals surface area contributed by atoms with Crippen LogP contribution in [0, 0.1) is 0 Å². The average molecular weight is 188 g/mol. The van der Waals surface area contributed by atoms with E-state index in [1.165, 1.54) is 0 Å². The summed E-state index contributed by atoms with van der Waals surface area (Å²) in [5, 5.41) is 0. The van der Waals surface area contributed by atoms with Gasteiger partial charge in [0.1, 0.15) is 0 Å². The molecule has 0 aliphatic carbocycles. The predicted molar refractivity (Wildman–Crippen MR) is 41.5 cm³/mol. The standard InChI is InChI=1S/C9H8O.Fe/c1-2-8-10-9-6-4-3-5-7-9;/h2-7H,8H2;/q;+1. The molecule has 0 aromatic heterocycles. The third-order valence-corrected chi connectivity index (χ3v) is 1.37. The minimum absolute atomic E-state index is 0.535. The van der Waals surface area contributed by atoms with Gasteiger partial charge in [-0.2, -0.15) is 0 Å². The topological polar surface area (TPSA) is 9.23 Å². The molecule has 0 bridgehead atoms. The molecule has 57 valence electrons. The summed E-state index contributed by atoms with van der Waals surface area (Å²) in [6, 6.07) is 9.66. The van der Waals surface area contributed by atoms with Crippen LogP contribution in [0.5, 0.6) is 5.75 Å². The SMILES string of the molecule is [Fe+]=[C]=CCOc1ccccc1. The van der Waals surface area contributed by atoms with E-state index in [9.17, 15) is 0 Å². The van der Waals surface area contributed by atoms with Gasteiger partial charge in [-0.05, 0) is 0 Å². The first-order valence-electron chi connectivity index (χ1n) is 3.28. The van der Waals surface area contributed by atoms with Gasteiger partial charge in [0.2, 0.25) is 0 Å². The van der Waals surface area contributed by atoms with Gasteiger partial charge in [0.15, 0.2) is 0 Å². The molecule has 11 heavy (non-hydrogen) atoms. The van der Waals surface area contributed by atoms with Crippen LogP contribution in [0.15, 0.2) is 36.4 Å².